The van der Waals surface area contributed by atoms with Gasteiger partial charge in [0, 0.05) is 46.8 Å². The number of nitrogens with one attached hydrogen (secondary N) is 1. The molecular formula is C22H23BrClN3O4. The Morgan fingerprint density at radius 2 is 1.77 bits per heavy atom. The van der Waals surface area contributed by atoms with Gasteiger partial charge in [-0.1, -0.05) is 39.7 Å². The number of ketones is 1. The number of carbonyl (C=O) groups is 3. The molecule has 3 rings (SSSR count). The van der Waals surface area contributed by atoms with Crippen LogP contribution in [0, 0.1) is 0 Å². The van der Waals surface area contributed by atoms with Gasteiger partial charge < -0.3 is 15.0 Å². The van der Waals surface area contributed by atoms with E-state index in [1.807, 2.05) is 11.0 Å². The predicted molar refractivity (Wildman–Crippen MR) is 123 cm³/mol. The zero-order valence-electron chi connectivity index (χ0n) is 17.1. The van der Waals surface area contributed by atoms with E-state index in [9.17, 15) is 14.4 Å². The number of piperazine rings is 1. The van der Waals surface area contributed by atoms with Crippen LogP contribution in [-0.2, 0) is 9.53 Å². The van der Waals surface area contributed by atoms with E-state index in [1.165, 1.54) is 0 Å². The summed E-state index contributed by atoms with van der Waals surface area (Å²) in [6.45, 7) is 4.39. The number of amides is 2. The van der Waals surface area contributed by atoms with Crippen LogP contribution in [0.4, 0.5) is 10.5 Å². The number of carbonyl (C=O) groups excluding carboxylic acids is 3. The summed E-state index contributed by atoms with van der Waals surface area (Å²) in [4.78, 5) is 41.1. The van der Waals surface area contributed by atoms with Gasteiger partial charge >= 0.3 is 6.09 Å². The quantitative estimate of drug-likeness (QED) is 0.596. The maximum absolute atomic E-state index is 13.1. The Labute approximate surface area is 194 Å². The minimum Gasteiger partial charge on any atom is -0.450 e. The average Bonchev–Trinajstić information content (AvgIpc) is 2.75. The molecule has 0 spiro atoms. The van der Waals surface area contributed by atoms with Crippen LogP contribution in [0.2, 0.25) is 5.02 Å². The van der Waals surface area contributed by atoms with Crippen molar-refractivity contribution in [2.75, 3.05) is 44.6 Å². The van der Waals surface area contributed by atoms with Crippen molar-refractivity contribution in [1.82, 2.24) is 9.80 Å². The molecule has 1 N–H and O–H groups in total. The van der Waals surface area contributed by atoms with E-state index in [1.54, 1.807) is 48.2 Å². The van der Waals surface area contributed by atoms with Crippen LogP contribution in [0.25, 0.3) is 0 Å². The first-order chi connectivity index (χ1) is 14.9. The smallest absolute Gasteiger partial charge is 0.409 e. The highest BCUT2D eigenvalue weighted by molar-refractivity contribution is 9.10. The van der Waals surface area contributed by atoms with E-state index in [0.29, 0.717) is 59.1 Å². The molecule has 0 saturated carbocycles. The van der Waals surface area contributed by atoms with Crippen molar-refractivity contribution in [3.63, 3.8) is 0 Å². The summed E-state index contributed by atoms with van der Waals surface area (Å²) >= 11 is 9.51. The van der Waals surface area contributed by atoms with Gasteiger partial charge in [0.05, 0.1) is 18.8 Å². The fourth-order valence-electron chi connectivity index (χ4n) is 3.30. The SMILES string of the molecule is CCOC(=O)N1CCN(CC(=O)Nc2ccc(Cl)cc2C(=O)c2ccccc2Br)CC1. The average molecular weight is 509 g/mol. The molecule has 0 aliphatic carbocycles. The van der Waals surface area contributed by atoms with Crippen molar-refractivity contribution in [2.45, 2.75) is 6.92 Å². The molecule has 9 heteroatoms. The van der Waals surface area contributed by atoms with Crippen molar-refractivity contribution in [3.8, 4) is 0 Å². The lowest BCUT2D eigenvalue weighted by Crippen LogP contribution is -2.50. The topological polar surface area (TPSA) is 79.0 Å². The number of hydrogen-bond donors (Lipinski definition) is 1. The molecule has 31 heavy (non-hydrogen) atoms. The van der Waals surface area contributed by atoms with Gasteiger partial charge in [-0.15, -0.1) is 0 Å². The minimum absolute atomic E-state index is 0.155. The van der Waals surface area contributed by atoms with Crippen molar-refractivity contribution in [3.05, 3.63) is 63.1 Å². The van der Waals surface area contributed by atoms with Crippen molar-refractivity contribution < 1.29 is 19.1 Å². The molecule has 7 nitrogen and oxygen atoms in total. The summed E-state index contributed by atoms with van der Waals surface area (Å²) in [5, 5.41) is 3.23. The first-order valence-electron chi connectivity index (χ1n) is 9.91. The fraction of sp³-hybridized carbons (Fsp3) is 0.318. The molecule has 0 radical (unpaired) electrons. The summed E-state index contributed by atoms with van der Waals surface area (Å²) in [5.74, 6) is -0.485. The first kappa shape index (κ1) is 23.2. The Morgan fingerprint density at radius 3 is 2.45 bits per heavy atom. The number of anilines is 1. The Kier molecular flexibility index (Phi) is 8.06. The zero-order valence-corrected chi connectivity index (χ0v) is 19.4. The van der Waals surface area contributed by atoms with Gasteiger partial charge in [-0.05, 0) is 37.3 Å². The molecule has 1 aliphatic heterocycles. The van der Waals surface area contributed by atoms with E-state index in [2.05, 4.69) is 21.2 Å². The molecule has 1 saturated heterocycles. The van der Waals surface area contributed by atoms with Crippen LogP contribution >= 0.6 is 27.5 Å². The highest BCUT2D eigenvalue weighted by Gasteiger charge is 2.24. The van der Waals surface area contributed by atoms with Crippen LogP contribution < -0.4 is 5.32 Å². The standard InChI is InChI=1S/C22H23BrClN3O4/c1-2-31-22(30)27-11-9-26(10-12-27)14-20(28)25-19-8-7-15(24)13-17(19)21(29)16-5-3-4-6-18(16)23/h3-8,13H,2,9-12,14H2,1H3,(H,25,28). The Balaban J connectivity index is 1.65. The van der Waals surface area contributed by atoms with Gasteiger partial charge in [-0.3, -0.25) is 14.5 Å². The second-order valence-electron chi connectivity index (χ2n) is 7.01. The summed E-state index contributed by atoms with van der Waals surface area (Å²) in [7, 11) is 0. The van der Waals surface area contributed by atoms with Gasteiger partial charge in [0.1, 0.15) is 0 Å². The van der Waals surface area contributed by atoms with Gasteiger partial charge in [-0.2, -0.15) is 0 Å². The third kappa shape index (κ3) is 6.06. The zero-order chi connectivity index (χ0) is 22.4. The number of benzene rings is 2. The number of nitrogens with zero attached hydrogens (tertiary/aromatic N) is 2. The first-order valence-corrected chi connectivity index (χ1v) is 11.1. The molecule has 0 aromatic heterocycles. The van der Waals surface area contributed by atoms with Crippen molar-refractivity contribution in [2.24, 2.45) is 0 Å². The highest BCUT2D eigenvalue weighted by atomic mass is 79.9. The maximum Gasteiger partial charge on any atom is 0.409 e. The summed E-state index contributed by atoms with van der Waals surface area (Å²) in [5.41, 5.74) is 1.20. The molecule has 0 bridgehead atoms. The number of halogens is 2. The second kappa shape index (κ2) is 10.7. The van der Waals surface area contributed by atoms with Gasteiger partial charge in [-0.25, -0.2) is 4.79 Å². The summed E-state index contributed by atoms with van der Waals surface area (Å²) in [6.07, 6.45) is -0.331. The van der Waals surface area contributed by atoms with Crippen LogP contribution in [0.15, 0.2) is 46.9 Å². The van der Waals surface area contributed by atoms with E-state index < -0.39 is 0 Å². The Hall–Kier alpha value is -2.42. The van der Waals surface area contributed by atoms with Gasteiger partial charge in [0.2, 0.25) is 5.91 Å². The minimum atomic E-state index is -0.331. The summed E-state index contributed by atoms with van der Waals surface area (Å²) < 4.78 is 5.67. The molecule has 2 aromatic rings. The van der Waals surface area contributed by atoms with E-state index in [-0.39, 0.29) is 24.3 Å². The molecule has 0 unspecified atom stereocenters. The lowest BCUT2D eigenvalue weighted by molar-refractivity contribution is -0.117. The predicted octanol–water partition coefficient (Wildman–Crippen LogP) is 4.05. The van der Waals surface area contributed by atoms with Crippen LogP contribution in [0.3, 0.4) is 0 Å². The molecule has 2 aromatic carbocycles. The molecule has 164 valence electrons. The third-order valence-electron chi connectivity index (χ3n) is 4.88. The number of hydrogen-bond acceptors (Lipinski definition) is 5. The molecule has 1 heterocycles. The van der Waals surface area contributed by atoms with Crippen LogP contribution in [0.1, 0.15) is 22.8 Å². The van der Waals surface area contributed by atoms with E-state index in [4.69, 9.17) is 16.3 Å². The molecular weight excluding hydrogens is 486 g/mol. The molecule has 0 atom stereocenters. The lowest BCUT2D eigenvalue weighted by Gasteiger charge is -2.33. The Bertz CT molecular complexity index is 977. The molecule has 2 amide bonds. The lowest BCUT2D eigenvalue weighted by atomic mass is 10.0. The molecule has 1 aliphatic rings. The third-order valence-corrected chi connectivity index (χ3v) is 5.81. The van der Waals surface area contributed by atoms with Gasteiger partial charge in [0.25, 0.3) is 0 Å². The Morgan fingerprint density at radius 1 is 1.06 bits per heavy atom. The maximum atomic E-state index is 13.1. The highest BCUT2D eigenvalue weighted by Crippen LogP contribution is 2.26. The van der Waals surface area contributed by atoms with E-state index >= 15 is 0 Å². The van der Waals surface area contributed by atoms with Crippen molar-refractivity contribution in [1.29, 1.82) is 0 Å². The van der Waals surface area contributed by atoms with E-state index in [0.717, 1.165) is 0 Å². The largest absolute Gasteiger partial charge is 0.450 e. The van der Waals surface area contributed by atoms with Crippen LogP contribution in [0.5, 0.6) is 0 Å². The second-order valence-corrected chi connectivity index (χ2v) is 8.30. The summed E-state index contributed by atoms with van der Waals surface area (Å²) in [6, 6.07) is 11.9. The van der Waals surface area contributed by atoms with Crippen LogP contribution in [-0.4, -0.2) is 66.9 Å². The number of rotatable bonds is 6. The molecule has 1 fully saturated rings. The van der Waals surface area contributed by atoms with Gasteiger partial charge in [0.15, 0.2) is 5.78 Å². The monoisotopic (exact) mass is 507 g/mol. The number of ether oxygens (including phenoxy) is 1. The fourth-order valence-corrected chi connectivity index (χ4v) is 3.94. The van der Waals surface area contributed by atoms with Crippen molar-refractivity contribution >= 4 is 51.0 Å². The normalized spacial score (nSPS) is 14.2.